The Hall–Kier alpha value is -2.30. The lowest BCUT2D eigenvalue weighted by molar-refractivity contribution is 0.350. The molecule has 0 fully saturated rings. The summed E-state index contributed by atoms with van der Waals surface area (Å²) in [6.45, 7) is 1.58. The zero-order valence-corrected chi connectivity index (χ0v) is 11.5. The van der Waals surface area contributed by atoms with Gasteiger partial charge in [-0.1, -0.05) is 11.8 Å². The van der Waals surface area contributed by atoms with Crippen molar-refractivity contribution < 1.29 is 13.5 Å². The molecule has 0 amide bonds. The van der Waals surface area contributed by atoms with Crippen molar-refractivity contribution in [2.45, 2.75) is 11.9 Å². The molecule has 6 nitrogen and oxygen atoms in total. The maximum atomic E-state index is 12.0. The minimum atomic E-state index is -3.69. The van der Waals surface area contributed by atoms with E-state index in [1.807, 2.05) is 6.92 Å². The van der Waals surface area contributed by atoms with E-state index in [9.17, 15) is 8.42 Å². The first-order chi connectivity index (χ1) is 9.51. The molecule has 7 heteroatoms. The number of imidazole rings is 1. The van der Waals surface area contributed by atoms with Crippen molar-refractivity contribution in [1.82, 2.24) is 9.97 Å². The van der Waals surface area contributed by atoms with Crippen LogP contribution in [0.3, 0.4) is 0 Å². The van der Waals surface area contributed by atoms with E-state index < -0.39 is 10.0 Å². The molecule has 104 valence electrons. The van der Waals surface area contributed by atoms with E-state index in [4.69, 9.17) is 5.11 Å². The highest BCUT2D eigenvalue weighted by atomic mass is 32.2. The van der Waals surface area contributed by atoms with Crippen LogP contribution in [0, 0.1) is 18.8 Å². The Morgan fingerprint density at radius 1 is 1.40 bits per heavy atom. The van der Waals surface area contributed by atoms with Crippen molar-refractivity contribution in [1.29, 1.82) is 0 Å². The van der Waals surface area contributed by atoms with Gasteiger partial charge in [-0.2, -0.15) is 8.42 Å². The summed E-state index contributed by atoms with van der Waals surface area (Å²) in [5, 5.41) is 8.67. The topological polar surface area (TPSA) is 95.1 Å². The number of aliphatic hydroxyl groups excluding tert-OH is 1. The van der Waals surface area contributed by atoms with Crippen LogP contribution in [0.2, 0.25) is 0 Å². The van der Waals surface area contributed by atoms with Gasteiger partial charge in [0.15, 0.2) is 5.03 Å². The largest absolute Gasteiger partial charge is 0.384 e. The number of nitrogens with one attached hydrogen (secondary N) is 2. The van der Waals surface area contributed by atoms with E-state index >= 15 is 0 Å². The van der Waals surface area contributed by atoms with Gasteiger partial charge in [-0.05, 0) is 30.7 Å². The summed E-state index contributed by atoms with van der Waals surface area (Å²) >= 11 is 0. The van der Waals surface area contributed by atoms with Crippen LogP contribution in [0.1, 0.15) is 11.1 Å². The number of rotatable bonds is 3. The van der Waals surface area contributed by atoms with Crippen molar-refractivity contribution in [3.8, 4) is 11.8 Å². The zero-order chi connectivity index (χ0) is 14.6. The summed E-state index contributed by atoms with van der Waals surface area (Å²) in [5.41, 5.74) is 1.89. The van der Waals surface area contributed by atoms with Crippen molar-refractivity contribution in [2.24, 2.45) is 0 Å². The second kappa shape index (κ2) is 5.77. The standard InChI is InChI=1S/C13H13N3O3S/c1-10-5-11(3-2-4-17)7-12(6-10)16-20(18,19)13-8-14-9-15-13/h5-9,16-17H,4H2,1H3,(H,14,15). The number of aliphatic hydroxyl groups is 1. The molecule has 0 unspecified atom stereocenters. The van der Waals surface area contributed by atoms with E-state index in [1.165, 1.54) is 12.5 Å². The quantitative estimate of drug-likeness (QED) is 0.731. The number of nitrogens with zero attached hydrogens (tertiary/aromatic N) is 1. The van der Waals surface area contributed by atoms with Crippen LogP contribution in [0.5, 0.6) is 0 Å². The molecule has 1 heterocycles. The summed E-state index contributed by atoms with van der Waals surface area (Å²) in [6.07, 6.45) is 2.52. The summed E-state index contributed by atoms with van der Waals surface area (Å²) < 4.78 is 26.5. The summed E-state index contributed by atoms with van der Waals surface area (Å²) in [4.78, 5) is 6.22. The van der Waals surface area contributed by atoms with Gasteiger partial charge in [0.2, 0.25) is 0 Å². The Labute approximate surface area is 116 Å². The lowest BCUT2D eigenvalue weighted by Crippen LogP contribution is -2.13. The third-order valence-electron chi connectivity index (χ3n) is 2.40. The number of hydrogen-bond donors (Lipinski definition) is 3. The number of anilines is 1. The molecule has 0 radical (unpaired) electrons. The van der Waals surface area contributed by atoms with Crippen LogP contribution in [0.25, 0.3) is 0 Å². The molecule has 0 atom stereocenters. The van der Waals surface area contributed by atoms with Crippen LogP contribution >= 0.6 is 0 Å². The molecule has 0 aliphatic carbocycles. The third kappa shape index (κ3) is 3.38. The molecule has 0 saturated carbocycles. The Morgan fingerprint density at radius 2 is 2.20 bits per heavy atom. The second-order valence-corrected chi connectivity index (χ2v) is 5.72. The lowest BCUT2D eigenvalue weighted by atomic mass is 10.1. The van der Waals surface area contributed by atoms with Crippen LogP contribution < -0.4 is 4.72 Å². The highest BCUT2D eigenvalue weighted by molar-refractivity contribution is 7.92. The predicted molar refractivity (Wildman–Crippen MR) is 74.5 cm³/mol. The predicted octanol–water partition coefficient (Wildman–Crippen LogP) is 0.863. The molecular weight excluding hydrogens is 278 g/mol. The molecule has 0 bridgehead atoms. The minimum Gasteiger partial charge on any atom is -0.384 e. The monoisotopic (exact) mass is 291 g/mol. The molecule has 1 aromatic carbocycles. The van der Waals surface area contributed by atoms with Crippen LogP contribution in [0.15, 0.2) is 35.7 Å². The average Bonchev–Trinajstić information content (AvgIpc) is 2.89. The highest BCUT2D eigenvalue weighted by Gasteiger charge is 2.15. The number of benzene rings is 1. The van der Waals surface area contributed by atoms with Gasteiger partial charge < -0.3 is 10.1 Å². The first-order valence-electron chi connectivity index (χ1n) is 5.74. The zero-order valence-electron chi connectivity index (χ0n) is 10.7. The maximum absolute atomic E-state index is 12.0. The van der Waals surface area contributed by atoms with Crippen molar-refractivity contribution >= 4 is 15.7 Å². The van der Waals surface area contributed by atoms with Gasteiger partial charge in [-0.25, -0.2) is 4.98 Å². The maximum Gasteiger partial charge on any atom is 0.278 e. The first kappa shape index (κ1) is 14.1. The molecule has 0 spiro atoms. The Kier molecular flexibility index (Phi) is 4.08. The summed E-state index contributed by atoms with van der Waals surface area (Å²) in [5.74, 6) is 5.26. The Balaban J connectivity index is 2.32. The SMILES string of the molecule is Cc1cc(C#CCO)cc(NS(=O)(=O)c2cnc[nH]2)c1. The van der Waals surface area contributed by atoms with Gasteiger partial charge in [-0.15, -0.1) is 0 Å². The number of sulfonamides is 1. The van der Waals surface area contributed by atoms with Gasteiger partial charge >= 0.3 is 0 Å². The molecule has 20 heavy (non-hydrogen) atoms. The smallest absolute Gasteiger partial charge is 0.278 e. The fourth-order valence-corrected chi connectivity index (χ4v) is 2.60. The second-order valence-electron chi connectivity index (χ2n) is 4.07. The first-order valence-corrected chi connectivity index (χ1v) is 7.22. The third-order valence-corrected chi connectivity index (χ3v) is 3.71. The fourth-order valence-electron chi connectivity index (χ4n) is 1.66. The van der Waals surface area contributed by atoms with Crippen molar-refractivity contribution in [2.75, 3.05) is 11.3 Å². The molecule has 0 aliphatic heterocycles. The summed E-state index contributed by atoms with van der Waals surface area (Å²) in [6, 6.07) is 5.10. The highest BCUT2D eigenvalue weighted by Crippen LogP contribution is 2.17. The van der Waals surface area contributed by atoms with Crippen LogP contribution in [-0.2, 0) is 10.0 Å². The number of aromatic nitrogens is 2. The van der Waals surface area contributed by atoms with Crippen molar-refractivity contribution in [3.05, 3.63) is 41.9 Å². The molecule has 3 N–H and O–H groups in total. The molecule has 2 aromatic rings. The average molecular weight is 291 g/mol. The van der Waals surface area contributed by atoms with E-state index in [-0.39, 0.29) is 11.6 Å². The van der Waals surface area contributed by atoms with Gasteiger partial charge in [-0.3, -0.25) is 4.72 Å². The number of aromatic amines is 1. The molecule has 0 saturated heterocycles. The van der Waals surface area contributed by atoms with E-state index in [0.717, 1.165) is 5.56 Å². The number of aryl methyl sites for hydroxylation is 1. The van der Waals surface area contributed by atoms with Gasteiger partial charge in [0.05, 0.1) is 18.2 Å². The lowest BCUT2D eigenvalue weighted by Gasteiger charge is -2.07. The molecule has 0 aliphatic rings. The molecular formula is C13H13N3O3S. The Bertz CT molecular complexity index is 756. The summed E-state index contributed by atoms with van der Waals surface area (Å²) in [7, 11) is -3.69. The van der Waals surface area contributed by atoms with Crippen LogP contribution in [0.4, 0.5) is 5.69 Å². The Morgan fingerprint density at radius 3 is 2.85 bits per heavy atom. The van der Waals surface area contributed by atoms with Crippen LogP contribution in [-0.4, -0.2) is 30.1 Å². The van der Waals surface area contributed by atoms with E-state index in [2.05, 4.69) is 26.5 Å². The van der Waals surface area contributed by atoms with Crippen molar-refractivity contribution in [3.63, 3.8) is 0 Å². The van der Waals surface area contributed by atoms with E-state index in [0.29, 0.717) is 11.3 Å². The fraction of sp³-hybridized carbons (Fsp3) is 0.154. The number of hydrogen-bond acceptors (Lipinski definition) is 4. The van der Waals surface area contributed by atoms with E-state index in [1.54, 1.807) is 18.2 Å². The molecule has 1 aromatic heterocycles. The minimum absolute atomic E-state index is 0.0120. The number of H-pyrrole nitrogens is 1. The molecule has 2 rings (SSSR count). The van der Waals surface area contributed by atoms with Gasteiger partial charge in [0.1, 0.15) is 6.61 Å². The van der Waals surface area contributed by atoms with Gasteiger partial charge in [0, 0.05) is 5.56 Å². The normalized spacial score (nSPS) is 10.7. The van der Waals surface area contributed by atoms with Gasteiger partial charge in [0.25, 0.3) is 10.0 Å².